The zero-order valence-electron chi connectivity index (χ0n) is 10.9. The predicted molar refractivity (Wildman–Crippen MR) is 83.5 cm³/mol. The number of halogens is 1. The average molecular weight is 367 g/mol. The molecule has 0 bridgehead atoms. The molecule has 17 heavy (non-hydrogen) atoms. The van der Waals surface area contributed by atoms with Gasteiger partial charge in [-0.05, 0) is 52.5 Å². The Labute approximate surface area is 118 Å². The van der Waals surface area contributed by atoms with E-state index in [-0.39, 0.29) is 0 Å². The van der Waals surface area contributed by atoms with Crippen LogP contribution in [0, 0.1) is 0 Å². The molecule has 6 heteroatoms. The topological polar surface area (TPSA) is 26.8 Å². The molecular formula is C11H19IN3OP. The van der Waals surface area contributed by atoms with Crippen LogP contribution in [0.1, 0.15) is 0 Å². The highest BCUT2D eigenvalue weighted by molar-refractivity contribution is 14.1. The lowest BCUT2D eigenvalue weighted by Crippen LogP contribution is -2.28. The van der Waals surface area contributed by atoms with Gasteiger partial charge in [-0.2, -0.15) is 0 Å². The van der Waals surface area contributed by atoms with Crippen LogP contribution < -0.4 is 8.42 Å². The van der Waals surface area contributed by atoms with E-state index < -0.39 is 7.44 Å². The van der Waals surface area contributed by atoms with Gasteiger partial charge >= 0.3 is 0 Å². The van der Waals surface area contributed by atoms with Crippen LogP contribution in [0.4, 0.5) is 5.69 Å². The summed E-state index contributed by atoms with van der Waals surface area (Å²) in [6.45, 7) is 0. The van der Waals surface area contributed by atoms with Gasteiger partial charge in [0, 0.05) is 18.0 Å². The molecule has 96 valence electrons. The van der Waals surface area contributed by atoms with Gasteiger partial charge in [0.05, 0.1) is 22.9 Å². The quantitative estimate of drug-likeness (QED) is 0.464. The van der Waals surface area contributed by atoms with E-state index in [0.717, 1.165) is 11.0 Å². The molecule has 0 heterocycles. The first kappa shape index (κ1) is 15.0. The van der Waals surface area contributed by atoms with Crippen LogP contribution in [0.25, 0.3) is 0 Å². The van der Waals surface area contributed by atoms with Crippen molar-refractivity contribution in [1.82, 2.24) is 9.34 Å². The maximum Gasteiger partial charge on any atom is 0.244 e. The first-order valence-electron chi connectivity index (χ1n) is 5.26. The molecule has 0 aliphatic carbocycles. The summed E-state index contributed by atoms with van der Waals surface area (Å²) in [6.07, 6.45) is 0. The number of hydrogen-bond acceptors (Lipinski definition) is 2. The van der Waals surface area contributed by atoms with Crippen LogP contribution in [0.3, 0.4) is 0 Å². The third-order valence-corrected chi connectivity index (χ3v) is 6.32. The number of anilines is 1. The Bertz CT molecular complexity index is 405. The van der Waals surface area contributed by atoms with E-state index in [0.29, 0.717) is 0 Å². The highest BCUT2D eigenvalue weighted by Gasteiger charge is 2.30. The van der Waals surface area contributed by atoms with Crippen LogP contribution in [0.5, 0.6) is 0 Å². The Morgan fingerprint density at radius 2 is 1.35 bits per heavy atom. The van der Waals surface area contributed by atoms with E-state index in [1.54, 1.807) is 9.34 Å². The molecule has 0 N–H and O–H groups in total. The molecule has 0 aromatic heterocycles. The van der Waals surface area contributed by atoms with E-state index in [2.05, 4.69) is 22.9 Å². The van der Waals surface area contributed by atoms with Crippen LogP contribution in [0.15, 0.2) is 24.3 Å². The number of hydrogen-bond donors (Lipinski definition) is 0. The summed E-state index contributed by atoms with van der Waals surface area (Å²) in [5.41, 5.74) is 1.10. The lowest BCUT2D eigenvalue weighted by Gasteiger charge is -2.31. The molecule has 0 aliphatic rings. The minimum absolute atomic E-state index is 0.856. The van der Waals surface area contributed by atoms with Gasteiger partial charge in [0.1, 0.15) is 0 Å². The second kappa shape index (κ2) is 5.69. The Morgan fingerprint density at radius 3 is 1.65 bits per heavy atom. The largest absolute Gasteiger partial charge is 0.318 e. The van der Waals surface area contributed by atoms with Gasteiger partial charge in [-0.3, -0.25) is 4.57 Å². The zero-order chi connectivity index (χ0) is 13.2. The minimum Gasteiger partial charge on any atom is -0.318 e. The van der Waals surface area contributed by atoms with E-state index in [1.807, 2.05) is 62.6 Å². The number of benzene rings is 1. The average Bonchev–Trinajstić information content (AvgIpc) is 2.27. The highest BCUT2D eigenvalue weighted by Crippen LogP contribution is 2.48. The fourth-order valence-corrected chi connectivity index (χ4v) is 4.17. The molecule has 4 nitrogen and oxygen atoms in total. The summed E-state index contributed by atoms with van der Waals surface area (Å²) >= 11 is 2.21. The maximum absolute atomic E-state index is 12.9. The third kappa shape index (κ3) is 3.02. The molecule has 0 aliphatic heterocycles. The summed E-state index contributed by atoms with van der Waals surface area (Å²) in [4.78, 5) is 0. The van der Waals surface area contributed by atoms with Crippen molar-refractivity contribution in [1.29, 1.82) is 0 Å². The Kier molecular flexibility index (Phi) is 5.01. The minimum atomic E-state index is -2.62. The van der Waals surface area contributed by atoms with Gasteiger partial charge in [-0.15, -0.1) is 0 Å². The van der Waals surface area contributed by atoms with Crippen molar-refractivity contribution in [3.63, 3.8) is 0 Å². The van der Waals surface area contributed by atoms with E-state index in [1.165, 1.54) is 0 Å². The van der Waals surface area contributed by atoms with Crippen LogP contribution in [0.2, 0.25) is 0 Å². The Hall–Kier alpha value is -0.100. The van der Waals surface area contributed by atoms with Crippen molar-refractivity contribution < 1.29 is 4.57 Å². The van der Waals surface area contributed by atoms with Crippen molar-refractivity contribution in [3.05, 3.63) is 24.3 Å². The smallest absolute Gasteiger partial charge is 0.244 e. The van der Waals surface area contributed by atoms with Gasteiger partial charge in [-0.1, -0.05) is 0 Å². The van der Waals surface area contributed by atoms with Crippen molar-refractivity contribution in [3.8, 4) is 0 Å². The fraction of sp³-hybridized carbons (Fsp3) is 0.455. The molecule has 0 saturated heterocycles. The van der Waals surface area contributed by atoms with Gasteiger partial charge in [0.2, 0.25) is 7.44 Å². The van der Waals surface area contributed by atoms with Crippen LogP contribution in [-0.4, -0.2) is 44.6 Å². The summed E-state index contributed by atoms with van der Waals surface area (Å²) in [7, 11) is 6.74. The third-order valence-electron chi connectivity index (χ3n) is 2.63. The Balaban J connectivity index is 3.18. The van der Waals surface area contributed by atoms with Gasteiger partial charge in [-0.25, -0.2) is 9.34 Å². The first-order valence-corrected chi connectivity index (χ1v) is 7.83. The van der Waals surface area contributed by atoms with E-state index in [4.69, 9.17) is 0 Å². The van der Waals surface area contributed by atoms with E-state index >= 15 is 0 Å². The molecule has 0 radical (unpaired) electrons. The predicted octanol–water partition coefficient (Wildman–Crippen LogP) is 2.41. The molecule has 0 unspecified atom stereocenters. The van der Waals surface area contributed by atoms with Crippen molar-refractivity contribution in [2.75, 3.05) is 38.4 Å². The van der Waals surface area contributed by atoms with Crippen molar-refractivity contribution in [2.45, 2.75) is 0 Å². The highest BCUT2D eigenvalue weighted by atomic mass is 127. The van der Waals surface area contributed by atoms with Gasteiger partial charge < -0.3 is 3.11 Å². The number of rotatable bonds is 4. The molecule has 0 amide bonds. The summed E-state index contributed by atoms with van der Waals surface area (Å²) < 4.78 is 18.5. The molecule has 0 fully saturated rings. The molecule has 1 aromatic carbocycles. The van der Waals surface area contributed by atoms with Crippen LogP contribution in [-0.2, 0) is 4.57 Å². The summed E-state index contributed by atoms with van der Waals surface area (Å²) in [5.74, 6) is 0. The second-order valence-electron chi connectivity index (χ2n) is 4.23. The Morgan fingerprint density at radius 1 is 0.941 bits per heavy atom. The normalized spacial score (nSPS) is 12.2. The lowest BCUT2D eigenvalue weighted by molar-refractivity contribution is 0.460. The van der Waals surface area contributed by atoms with Crippen molar-refractivity contribution >= 4 is 41.3 Å². The molecule has 1 rings (SSSR count). The summed E-state index contributed by atoms with van der Waals surface area (Å²) in [6, 6.07) is 7.85. The zero-order valence-corrected chi connectivity index (χ0v) is 13.9. The molecule has 1 aromatic rings. The van der Waals surface area contributed by atoms with Gasteiger partial charge in [0.15, 0.2) is 0 Å². The molecular weight excluding hydrogens is 348 g/mol. The summed E-state index contributed by atoms with van der Waals surface area (Å²) in [5, 5.41) is 0.856. The fourth-order valence-electron chi connectivity index (χ4n) is 1.67. The first-order chi connectivity index (χ1) is 7.80. The standard InChI is InChI=1S/C11H19IN3OP/c1-13(2)17(16,14(3)4)11-8-6-10(7-9-11)15(5)12/h6-9H,1-5H3. The lowest BCUT2D eigenvalue weighted by atomic mass is 10.3. The van der Waals surface area contributed by atoms with Crippen molar-refractivity contribution in [2.24, 2.45) is 0 Å². The van der Waals surface area contributed by atoms with E-state index in [9.17, 15) is 4.57 Å². The molecule has 0 saturated carbocycles. The van der Waals surface area contributed by atoms with Gasteiger partial charge in [0.25, 0.3) is 0 Å². The SMILES string of the molecule is CN(I)c1ccc(P(=O)(N(C)C)N(C)C)cc1. The molecule has 0 spiro atoms. The van der Waals surface area contributed by atoms with Crippen LogP contribution >= 0.6 is 30.3 Å². The maximum atomic E-state index is 12.9. The second-order valence-corrected chi connectivity index (χ2v) is 8.88. The number of nitrogens with zero attached hydrogens (tertiary/aromatic N) is 3. The monoisotopic (exact) mass is 367 g/mol. The molecule has 0 atom stereocenters.